The van der Waals surface area contributed by atoms with Gasteiger partial charge in [-0.3, -0.25) is 4.90 Å². The third kappa shape index (κ3) is 3.39. The van der Waals surface area contributed by atoms with Crippen molar-refractivity contribution in [1.82, 2.24) is 19.8 Å². The van der Waals surface area contributed by atoms with Gasteiger partial charge in [-0.25, -0.2) is 4.98 Å². The van der Waals surface area contributed by atoms with Crippen LogP contribution in [0.2, 0.25) is 0 Å². The van der Waals surface area contributed by atoms with E-state index in [2.05, 4.69) is 46.4 Å². The molecule has 1 aliphatic rings. The van der Waals surface area contributed by atoms with Crippen molar-refractivity contribution in [3.05, 3.63) is 48.5 Å². The lowest BCUT2D eigenvalue weighted by Gasteiger charge is -2.33. The van der Waals surface area contributed by atoms with Crippen LogP contribution in [0.25, 0.3) is 5.69 Å². The SMILES string of the molecule is C[C@@H]1CNCCN1Cc1ccc(-n2ccnc2)cc1.Cl. The summed E-state index contributed by atoms with van der Waals surface area (Å²) in [6.07, 6.45) is 5.59. The Balaban J connectivity index is 0.00000147. The average Bonchev–Trinajstić information content (AvgIpc) is 2.96. The number of benzene rings is 1. The molecule has 4 nitrogen and oxygen atoms in total. The number of nitrogens with zero attached hydrogens (tertiary/aromatic N) is 3. The topological polar surface area (TPSA) is 33.1 Å². The predicted octanol–water partition coefficient (Wildman–Crippen LogP) is 2.09. The fraction of sp³-hybridized carbons (Fsp3) is 0.400. The van der Waals surface area contributed by atoms with Crippen LogP contribution in [0.1, 0.15) is 12.5 Å². The van der Waals surface area contributed by atoms with Crippen LogP contribution < -0.4 is 5.32 Å². The van der Waals surface area contributed by atoms with Crippen molar-refractivity contribution in [1.29, 1.82) is 0 Å². The number of rotatable bonds is 3. The number of hydrogen-bond acceptors (Lipinski definition) is 3. The molecule has 20 heavy (non-hydrogen) atoms. The van der Waals surface area contributed by atoms with E-state index < -0.39 is 0 Å². The molecular formula is C15H21ClN4. The van der Waals surface area contributed by atoms with E-state index in [1.54, 1.807) is 6.20 Å². The van der Waals surface area contributed by atoms with Crippen LogP contribution in [0.3, 0.4) is 0 Å². The van der Waals surface area contributed by atoms with Crippen molar-refractivity contribution in [2.45, 2.75) is 19.5 Å². The van der Waals surface area contributed by atoms with Crippen molar-refractivity contribution < 1.29 is 0 Å². The number of hydrogen-bond donors (Lipinski definition) is 1. The Kier molecular flexibility index (Phi) is 5.17. The van der Waals surface area contributed by atoms with Crippen LogP contribution >= 0.6 is 12.4 Å². The monoisotopic (exact) mass is 292 g/mol. The summed E-state index contributed by atoms with van der Waals surface area (Å²) in [5, 5.41) is 3.43. The minimum absolute atomic E-state index is 0. The Morgan fingerprint density at radius 1 is 1.30 bits per heavy atom. The second-order valence-corrected chi connectivity index (χ2v) is 5.16. The summed E-state index contributed by atoms with van der Waals surface area (Å²) in [6, 6.07) is 9.35. The maximum atomic E-state index is 4.07. The normalized spacial score (nSPS) is 19.6. The van der Waals surface area contributed by atoms with Gasteiger partial charge in [0.25, 0.3) is 0 Å². The summed E-state index contributed by atoms with van der Waals surface area (Å²) in [5.41, 5.74) is 2.53. The molecule has 2 heterocycles. The lowest BCUT2D eigenvalue weighted by Crippen LogP contribution is -2.49. The predicted molar refractivity (Wildman–Crippen MR) is 83.6 cm³/mol. The number of halogens is 1. The van der Waals surface area contributed by atoms with Crippen LogP contribution in [-0.2, 0) is 6.54 Å². The van der Waals surface area contributed by atoms with Gasteiger partial charge in [-0.1, -0.05) is 12.1 Å². The highest BCUT2D eigenvalue weighted by Gasteiger charge is 2.17. The van der Waals surface area contributed by atoms with Crippen molar-refractivity contribution in [2.75, 3.05) is 19.6 Å². The first kappa shape index (κ1) is 15.0. The molecule has 1 aliphatic heterocycles. The molecule has 1 aromatic carbocycles. The van der Waals surface area contributed by atoms with Gasteiger partial charge in [0.15, 0.2) is 0 Å². The molecule has 3 rings (SSSR count). The van der Waals surface area contributed by atoms with E-state index >= 15 is 0 Å². The zero-order chi connectivity index (χ0) is 13.1. The number of piperazine rings is 1. The zero-order valence-corrected chi connectivity index (χ0v) is 12.5. The molecule has 1 saturated heterocycles. The van der Waals surface area contributed by atoms with Crippen molar-refractivity contribution in [3.63, 3.8) is 0 Å². The van der Waals surface area contributed by atoms with E-state index in [1.807, 2.05) is 17.1 Å². The van der Waals surface area contributed by atoms with E-state index in [-0.39, 0.29) is 12.4 Å². The quantitative estimate of drug-likeness (QED) is 0.940. The Morgan fingerprint density at radius 3 is 2.75 bits per heavy atom. The Labute approximate surface area is 126 Å². The summed E-state index contributed by atoms with van der Waals surface area (Å²) in [5.74, 6) is 0. The first-order valence-electron chi connectivity index (χ1n) is 6.85. The van der Waals surface area contributed by atoms with Gasteiger partial charge >= 0.3 is 0 Å². The highest BCUT2D eigenvalue weighted by atomic mass is 35.5. The zero-order valence-electron chi connectivity index (χ0n) is 11.7. The van der Waals surface area contributed by atoms with Gasteiger partial charge in [0.1, 0.15) is 0 Å². The van der Waals surface area contributed by atoms with E-state index in [9.17, 15) is 0 Å². The van der Waals surface area contributed by atoms with E-state index in [0.29, 0.717) is 6.04 Å². The van der Waals surface area contributed by atoms with Crippen LogP contribution in [0.15, 0.2) is 43.0 Å². The summed E-state index contributed by atoms with van der Waals surface area (Å²) in [6.45, 7) is 6.63. The Morgan fingerprint density at radius 2 is 2.10 bits per heavy atom. The van der Waals surface area contributed by atoms with Gasteiger partial charge < -0.3 is 9.88 Å². The largest absolute Gasteiger partial charge is 0.314 e. The standard InChI is InChI=1S/C15H20N4.ClH/c1-13-10-16-6-8-18(13)11-14-2-4-15(5-3-14)19-9-7-17-12-19;/h2-5,7,9,12-13,16H,6,8,10-11H2,1H3;1H/t13-;/m1./s1. The molecule has 1 atom stereocenters. The van der Waals surface area contributed by atoms with E-state index in [4.69, 9.17) is 0 Å². The van der Waals surface area contributed by atoms with Gasteiger partial charge in [0.05, 0.1) is 6.33 Å². The summed E-state index contributed by atoms with van der Waals surface area (Å²) >= 11 is 0. The van der Waals surface area contributed by atoms with Crippen LogP contribution in [0.4, 0.5) is 0 Å². The number of nitrogens with one attached hydrogen (secondary N) is 1. The highest BCUT2D eigenvalue weighted by molar-refractivity contribution is 5.85. The fourth-order valence-electron chi connectivity index (χ4n) is 2.54. The molecule has 108 valence electrons. The molecule has 2 aromatic rings. The van der Waals surface area contributed by atoms with Gasteiger partial charge in [-0.15, -0.1) is 12.4 Å². The van der Waals surface area contributed by atoms with E-state index in [1.165, 1.54) is 5.56 Å². The lowest BCUT2D eigenvalue weighted by molar-refractivity contribution is 0.165. The second-order valence-electron chi connectivity index (χ2n) is 5.16. The Hall–Kier alpha value is -1.36. The molecule has 1 N–H and O–H groups in total. The molecule has 0 spiro atoms. The molecule has 5 heteroatoms. The van der Waals surface area contributed by atoms with Gasteiger partial charge in [0, 0.05) is 50.3 Å². The summed E-state index contributed by atoms with van der Waals surface area (Å²) in [4.78, 5) is 6.60. The van der Waals surface area contributed by atoms with Gasteiger partial charge in [-0.05, 0) is 24.6 Å². The molecule has 0 bridgehead atoms. The number of aromatic nitrogens is 2. The van der Waals surface area contributed by atoms with Crippen LogP contribution in [0, 0.1) is 0 Å². The van der Waals surface area contributed by atoms with Gasteiger partial charge in [0.2, 0.25) is 0 Å². The smallest absolute Gasteiger partial charge is 0.0991 e. The lowest BCUT2D eigenvalue weighted by atomic mass is 10.1. The molecule has 0 saturated carbocycles. The second kappa shape index (κ2) is 6.88. The maximum absolute atomic E-state index is 4.07. The van der Waals surface area contributed by atoms with Crippen LogP contribution in [-0.4, -0.2) is 40.1 Å². The molecular weight excluding hydrogens is 272 g/mol. The Bertz CT molecular complexity index is 509. The molecule has 0 aliphatic carbocycles. The molecule has 1 aromatic heterocycles. The van der Waals surface area contributed by atoms with Crippen molar-refractivity contribution >= 4 is 12.4 Å². The fourth-order valence-corrected chi connectivity index (χ4v) is 2.54. The minimum Gasteiger partial charge on any atom is -0.314 e. The third-order valence-corrected chi connectivity index (χ3v) is 3.76. The number of imidazole rings is 1. The van der Waals surface area contributed by atoms with E-state index in [0.717, 1.165) is 31.9 Å². The molecule has 1 fully saturated rings. The minimum atomic E-state index is 0. The third-order valence-electron chi connectivity index (χ3n) is 3.76. The van der Waals surface area contributed by atoms with Crippen LogP contribution in [0.5, 0.6) is 0 Å². The first-order valence-corrected chi connectivity index (χ1v) is 6.85. The van der Waals surface area contributed by atoms with Crippen molar-refractivity contribution in [2.24, 2.45) is 0 Å². The first-order chi connectivity index (χ1) is 9.33. The maximum Gasteiger partial charge on any atom is 0.0991 e. The average molecular weight is 293 g/mol. The van der Waals surface area contributed by atoms with Gasteiger partial charge in [-0.2, -0.15) is 0 Å². The molecule has 0 radical (unpaired) electrons. The van der Waals surface area contributed by atoms with Crippen molar-refractivity contribution in [3.8, 4) is 5.69 Å². The molecule has 0 unspecified atom stereocenters. The highest BCUT2D eigenvalue weighted by Crippen LogP contribution is 2.13. The summed E-state index contributed by atoms with van der Waals surface area (Å²) in [7, 11) is 0. The summed E-state index contributed by atoms with van der Waals surface area (Å²) < 4.78 is 2.03. The molecule has 0 amide bonds.